The first-order valence-electron chi connectivity index (χ1n) is 7.64. The number of hydrogen-bond donors (Lipinski definition) is 1. The van der Waals surface area contributed by atoms with E-state index in [1.807, 2.05) is 13.1 Å². The van der Waals surface area contributed by atoms with Gasteiger partial charge in [-0.1, -0.05) is 34.1 Å². The van der Waals surface area contributed by atoms with Crippen molar-refractivity contribution >= 4 is 33.2 Å². The van der Waals surface area contributed by atoms with Gasteiger partial charge in [0.2, 0.25) is 0 Å². The van der Waals surface area contributed by atoms with Crippen LogP contribution in [0.2, 0.25) is 0 Å². The van der Waals surface area contributed by atoms with Crippen molar-refractivity contribution in [1.82, 2.24) is 4.90 Å². The Morgan fingerprint density at radius 1 is 1.36 bits per heavy atom. The lowest BCUT2D eigenvalue weighted by Crippen LogP contribution is -2.45. The highest BCUT2D eigenvalue weighted by Gasteiger charge is 2.45. The predicted octanol–water partition coefficient (Wildman–Crippen LogP) is 2.74. The Kier molecular flexibility index (Phi) is 3.13. The van der Waals surface area contributed by atoms with Gasteiger partial charge < -0.3 is 10.0 Å². The number of hydrogen-bond acceptors (Lipinski definition) is 3. The van der Waals surface area contributed by atoms with Gasteiger partial charge in [0.25, 0.3) is 0 Å². The number of aliphatic carboxylic acids is 1. The summed E-state index contributed by atoms with van der Waals surface area (Å²) in [6, 6.07) is 6.71. The van der Waals surface area contributed by atoms with Crippen molar-refractivity contribution in [2.75, 3.05) is 25.5 Å². The number of nitrogens with zero attached hydrogens (tertiary/aromatic N) is 2. The van der Waals surface area contributed by atoms with E-state index in [1.165, 1.54) is 22.4 Å². The Hall–Kier alpha value is -1.33. The normalized spacial score (nSPS) is 33.2. The minimum atomic E-state index is -0.733. The highest BCUT2D eigenvalue weighted by atomic mass is 79.9. The molecule has 2 unspecified atom stereocenters. The van der Waals surface area contributed by atoms with Crippen LogP contribution >= 0.6 is 15.9 Å². The first-order valence-corrected chi connectivity index (χ1v) is 8.55. The summed E-state index contributed by atoms with van der Waals surface area (Å²) in [5.74, 6) is -0.687. The molecule has 1 aromatic carbocycles. The number of alkyl halides is 1. The average Bonchev–Trinajstić information content (AvgIpc) is 2.74. The number of anilines is 1. The maximum absolute atomic E-state index is 11.4. The number of carbonyl (C=O) groups is 1. The molecule has 0 spiro atoms. The van der Waals surface area contributed by atoms with E-state index >= 15 is 0 Å². The summed E-state index contributed by atoms with van der Waals surface area (Å²) in [4.78, 5) is 16.3. The van der Waals surface area contributed by atoms with E-state index in [0.29, 0.717) is 23.5 Å². The second-order valence-electron chi connectivity index (χ2n) is 6.59. The van der Waals surface area contributed by atoms with Gasteiger partial charge in [-0.2, -0.15) is 0 Å². The Balaban J connectivity index is 1.90. The van der Waals surface area contributed by atoms with Gasteiger partial charge >= 0.3 is 5.97 Å². The molecule has 0 amide bonds. The van der Waals surface area contributed by atoms with Crippen LogP contribution in [0.15, 0.2) is 24.3 Å². The molecule has 5 heteroatoms. The lowest BCUT2D eigenvalue weighted by molar-refractivity contribution is -0.140. The van der Waals surface area contributed by atoms with Crippen LogP contribution in [0, 0.1) is 5.92 Å². The number of rotatable bonds is 1. The fourth-order valence-corrected chi connectivity index (χ4v) is 4.99. The molecule has 0 saturated carbocycles. The van der Waals surface area contributed by atoms with Crippen LogP contribution in [0.5, 0.6) is 0 Å². The second kappa shape index (κ2) is 4.83. The standard InChI is InChI=1S/C17H19BrN2O2/c1-19-8-9(17(21)22)6-11-10-4-3-5-13-15(10)12(7-14(11)19)16(18)20(13)2/h3-6,9,12,14,16H,7-8H2,1-2H3,(H,21,22)/t9-,12?,14-,16?/m1/s1. The highest BCUT2D eigenvalue weighted by Crippen LogP contribution is 2.53. The third kappa shape index (κ3) is 1.82. The van der Waals surface area contributed by atoms with Gasteiger partial charge in [-0.25, -0.2) is 0 Å². The van der Waals surface area contributed by atoms with Crippen LogP contribution in [0.1, 0.15) is 23.5 Å². The summed E-state index contributed by atoms with van der Waals surface area (Å²) < 4.78 is 0. The summed E-state index contributed by atoms with van der Waals surface area (Å²) >= 11 is 3.84. The summed E-state index contributed by atoms with van der Waals surface area (Å²) in [7, 11) is 4.17. The average molecular weight is 363 g/mol. The highest BCUT2D eigenvalue weighted by molar-refractivity contribution is 9.09. The smallest absolute Gasteiger partial charge is 0.311 e. The quantitative estimate of drug-likeness (QED) is 0.616. The van der Waals surface area contributed by atoms with E-state index in [9.17, 15) is 9.90 Å². The van der Waals surface area contributed by atoms with E-state index in [1.54, 1.807) is 0 Å². The summed E-state index contributed by atoms with van der Waals surface area (Å²) in [6.45, 7) is 0.591. The molecule has 22 heavy (non-hydrogen) atoms. The molecule has 1 N–H and O–H groups in total. The van der Waals surface area contributed by atoms with Crippen molar-refractivity contribution in [3.05, 3.63) is 35.4 Å². The molecule has 4 rings (SSSR count). The predicted molar refractivity (Wildman–Crippen MR) is 90.4 cm³/mol. The number of fused-ring (bicyclic) bond motifs is 2. The minimum absolute atomic E-state index is 0.315. The zero-order valence-electron chi connectivity index (χ0n) is 12.7. The number of benzene rings is 1. The van der Waals surface area contributed by atoms with Crippen molar-refractivity contribution < 1.29 is 9.90 Å². The molecule has 0 bridgehead atoms. The third-order valence-electron chi connectivity index (χ3n) is 5.40. The lowest BCUT2D eigenvalue weighted by Gasteiger charge is -2.42. The van der Waals surface area contributed by atoms with Gasteiger partial charge in [-0.15, -0.1) is 0 Å². The van der Waals surface area contributed by atoms with Gasteiger partial charge in [-0.3, -0.25) is 9.69 Å². The first-order chi connectivity index (χ1) is 10.5. The zero-order valence-corrected chi connectivity index (χ0v) is 14.2. The van der Waals surface area contributed by atoms with Gasteiger partial charge in [0, 0.05) is 31.2 Å². The van der Waals surface area contributed by atoms with Gasteiger partial charge in [0.1, 0.15) is 0 Å². The second-order valence-corrected chi connectivity index (χ2v) is 7.52. The molecular weight excluding hydrogens is 344 g/mol. The molecule has 0 radical (unpaired) electrons. The SMILES string of the molecule is CN1c2cccc3c2C(C[C@@H]2C3=C[C@@H](C(=O)O)CN2C)C1Br. The van der Waals surface area contributed by atoms with E-state index in [0.717, 1.165) is 6.42 Å². The summed E-state index contributed by atoms with van der Waals surface area (Å²) in [5.41, 5.74) is 5.09. The molecule has 0 aromatic heterocycles. The Morgan fingerprint density at radius 2 is 2.14 bits per heavy atom. The van der Waals surface area contributed by atoms with Crippen LogP contribution in [-0.2, 0) is 4.79 Å². The van der Waals surface area contributed by atoms with Crippen LogP contribution in [0.4, 0.5) is 5.69 Å². The topological polar surface area (TPSA) is 43.8 Å². The van der Waals surface area contributed by atoms with Crippen molar-refractivity contribution in [2.24, 2.45) is 5.92 Å². The molecular formula is C17H19BrN2O2. The minimum Gasteiger partial charge on any atom is -0.481 e. The van der Waals surface area contributed by atoms with Gasteiger partial charge in [-0.05, 0) is 36.2 Å². The van der Waals surface area contributed by atoms with Crippen LogP contribution in [0.25, 0.3) is 5.57 Å². The van der Waals surface area contributed by atoms with Crippen LogP contribution in [0.3, 0.4) is 0 Å². The van der Waals surface area contributed by atoms with E-state index in [2.05, 4.69) is 51.0 Å². The first kappa shape index (κ1) is 14.3. The molecule has 2 heterocycles. The number of likely N-dealkylation sites (N-methyl/N-ethyl adjacent to an activating group) is 2. The Bertz CT molecular complexity index is 687. The van der Waals surface area contributed by atoms with Crippen molar-refractivity contribution in [2.45, 2.75) is 23.3 Å². The van der Waals surface area contributed by atoms with E-state index in [-0.39, 0.29) is 0 Å². The van der Waals surface area contributed by atoms with Gasteiger partial charge in [0.15, 0.2) is 0 Å². The Labute approximate surface area is 138 Å². The molecule has 0 saturated heterocycles. The van der Waals surface area contributed by atoms with Crippen molar-refractivity contribution in [3.63, 3.8) is 0 Å². The lowest BCUT2D eigenvalue weighted by atomic mass is 9.74. The number of carboxylic acid groups (broad SMARTS) is 1. The molecule has 0 fully saturated rings. The number of carboxylic acids is 1. The zero-order chi connectivity index (χ0) is 15.6. The van der Waals surface area contributed by atoms with E-state index < -0.39 is 11.9 Å². The maximum Gasteiger partial charge on any atom is 0.311 e. The molecule has 1 aromatic rings. The molecule has 1 aliphatic carbocycles. The molecule has 4 nitrogen and oxygen atoms in total. The molecule has 4 atom stereocenters. The van der Waals surface area contributed by atoms with Crippen molar-refractivity contribution in [3.8, 4) is 0 Å². The summed E-state index contributed by atoms with van der Waals surface area (Å²) in [5, 5.41) is 9.41. The molecule has 116 valence electrons. The van der Waals surface area contributed by atoms with Gasteiger partial charge in [0.05, 0.1) is 10.9 Å². The summed E-state index contributed by atoms with van der Waals surface area (Å²) in [6.07, 6.45) is 3.03. The fraction of sp³-hybridized carbons (Fsp3) is 0.471. The Morgan fingerprint density at radius 3 is 2.86 bits per heavy atom. The maximum atomic E-state index is 11.4. The molecule has 3 aliphatic rings. The third-order valence-corrected chi connectivity index (χ3v) is 6.65. The molecule has 2 aliphatic heterocycles. The largest absolute Gasteiger partial charge is 0.481 e. The van der Waals surface area contributed by atoms with Crippen LogP contribution in [-0.4, -0.2) is 47.6 Å². The number of halogens is 1. The monoisotopic (exact) mass is 362 g/mol. The van der Waals surface area contributed by atoms with Crippen molar-refractivity contribution in [1.29, 1.82) is 0 Å². The van der Waals surface area contributed by atoms with E-state index in [4.69, 9.17) is 0 Å². The fourth-order valence-electron chi connectivity index (χ4n) is 4.29. The van der Waals surface area contributed by atoms with Crippen LogP contribution < -0.4 is 4.90 Å².